The van der Waals surface area contributed by atoms with Crippen LogP contribution in [0, 0.1) is 6.92 Å². The van der Waals surface area contributed by atoms with Gasteiger partial charge >= 0.3 is 6.03 Å². The normalized spacial score (nSPS) is 17.2. The third kappa shape index (κ3) is 4.13. The van der Waals surface area contributed by atoms with Gasteiger partial charge in [0.25, 0.3) is 0 Å². The molecule has 0 bridgehead atoms. The molecule has 0 spiro atoms. The van der Waals surface area contributed by atoms with Gasteiger partial charge in [-0.1, -0.05) is 55.8 Å². The van der Waals surface area contributed by atoms with Gasteiger partial charge in [-0.05, 0) is 41.7 Å². The van der Waals surface area contributed by atoms with Gasteiger partial charge in [-0.3, -0.25) is 0 Å². The van der Waals surface area contributed by atoms with E-state index in [0.29, 0.717) is 10.9 Å². The van der Waals surface area contributed by atoms with Crippen LogP contribution in [0.15, 0.2) is 42.5 Å². The minimum Gasteiger partial charge on any atom is -0.308 e. The van der Waals surface area contributed by atoms with E-state index in [1.54, 1.807) is 17.8 Å². The van der Waals surface area contributed by atoms with E-state index in [1.165, 1.54) is 11.1 Å². The maximum atomic E-state index is 12.7. The van der Waals surface area contributed by atoms with E-state index >= 15 is 0 Å². The van der Waals surface area contributed by atoms with Crippen LogP contribution in [0.4, 0.5) is 10.5 Å². The molecule has 1 saturated heterocycles. The number of hydrogen-bond donors (Lipinski definition) is 1. The molecule has 1 atom stereocenters. The van der Waals surface area contributed by atoms with Gasteiger partial charge in [-0.25, -0.2) is 4.79 Å². The molecule has 1 fully saturated rings. The summed E-state index contributed by atoms with van der Waals surface area (Å²) in [5.74, 6) is 1.45. The van der Waals surface area contributed by atoms with Crippen LogP contribution in [0.25, 0.3) is 0 Å². The molecular formula is C20H23ClN2OS. The number of rotatable bonds is 3. The molecule has 0 aliphatic carbocycles. The smallest absolute Gasteiger partial charge is 0.308 e. The van der Waals surface area contributed by atoms with Crippen molar-refractivity contribution < 1.29 is 4.79 Å². The number of benzene rings is 2. The average Bonchev–Trinajstić information content (AvgIpc) is 3.08. The lowest BCUT2D eigenvalue weighted by Crippen LogP contribution is -2.34. The van der Waals surface area contributed by atoms with Gasteiger partial charge in [-0.2, -0.15) is 0 Å². The second-order valence-corrected chi connectivity index (χ2v) is 8.23. The van der Waals surface area contributed by atoms with Gasteiger partial charge in [0, 0.05) is 23.0 Å². The largest absolute Gasteiger partial charge is 0.323 e. The van der Waals surface area contributed by atoms with Crippen molar-refractivity contribution in [2.75, 3.05) is 17.6 Å². The number of urea groups is 1. The molecule has 1 aliphatic heterocycles. The Balaban J connectivity index is 1.74. The van der Waals surface area contributed by atoms with Crippen molar-refractivity contribution in [1.82, 2.24) is 4.90 Å². The van der Waals surface area contributed by atoms with Crippen LogP contribution in [-0.4, -0.2) is 23.2 Å². The first-order chi connectivity index (χ1) is 12.0. The highest BCUT2D eigenvalue weighted by atomic mass is 35.5. The van der Waals surface area contributed by atoms with Crippen molar-refractivity contribution in [2.45, 2.75) is 32.1 Å². The topological polar surface area (TPSA) is 32.3 Å². The number of carbonyl (C=O) groups is 1. The minimum atomic E-state index is -0.0807. The highest BCUT2D eigenvalue weighted by Gasteiger charge is 2.30. The molecular weight excluding hydrogens is 352 g/mol. The Hall–Kier alpha value is -1.65. The van der Waals surface area contributed by atoms with Crippen LogP contribution in [0.2, 0.25) is 5.02 Å². The third-order valence-electron chi connectivity index (χ3n) is 4.46. The Morgan fingerprint density at radius 2 is 1.96 bits per heavy atom. The van der Waals surface area contributed by atoms with Crippen molar-refractivity contribution in [1.29, 1.82) is 0 Å². The quantitative estimate of drug-likeness (QED) is 0.709. The fraction of sp³-hybridized carbons (Fsp3) is 0.350. The first kappa shape index (κ1) is 18.2. The number of anilines is 1. The van der Waals surface area contributed by atoms with E-state index < -0.39 is 0 Å². The molecule has 132 valence electrons. The molecule has 3 rings (SSSR count). The number of aryl methyl sites for hydroxylation is 1. The van der Waals surface area contributed by atoms with Gasteiger partial charge in [0.05, 0.1) is 0 Å². The number of nitrogens with one attached hydrogen (secondary N) is 1. The lowest BCUT2D eigenvalue weighted by Gasteiger charge is -2.25. The highest BCUT2D eigenvalue weighted by molar-refractivity contribution is 7.99. The Labute approximate surface area is 158 Å². The Bertz CT molecular complexity index is 761. The van der Waals surface area contributed by atoms with Crippen LogP contribution >= 0.6 is 23.4 Å². The van der Waals surface area contributed by atoms with E-state index in [2.05, 4.69) is 43.4 Å². The molecule has 2 aromatic rings. The molecule has 25 heavy (non-hydrogen) atoms. The van der Waals surface area contributed by atoms with E-state index in [9.17, 15) is 4.79 Å². The number of amides is 2. The second kappa shape index (κ2) is 7.71. The van der Waals surface area contributed by atoms with Crippen molar-refractivity contribution in [3.05, 3.63) is 64.2 Å². The molecule has 0 unspecified atom stereocenters. The van der Waals surface area contributed by atoms with Gasteiger partial charge < -0.3 is 10.2 Å². The summed E-state index contributed by atoms with van der Waals surface area (Å²) < 4.78 is 0. The van der Waals surface area contributed by atoms with E-state index in [0.717, 1.165) is 23.5 Å². The van der Waals surface area contributed by atoms with Crippen LogP contribution in [0.1, 0.15) is 41.8 Å². The van der Waals surface area contributed by atoms with Gasteiger partial charge in [-0.15, -0.1) is 11.8 Å². The molecule has 1 heterocycles. The zero-order valence-corrected chi connectivity index (χ0v) is 16.3. The summed E-state index contributed by atoms with van der Waals surface area (Å²) in [4.78, 5) is 14.6. The minimum absolute atomic E-state index is 0.0575. The van der Waals surface area contributed by atoms with Gasteiger partial charge in [0.1, 0.15) is 5.37 Å². The zero-order chi connectivity index (χ0) is 18.0. The summed E-state index contributed by atoms with van der Waals surface area (Å²) in [6.45, 7) is 7.06. The van der Waals surface area contributed by atoms with Crippen molar-refractivity contribution >= 4 is 35.1 Å². The van der Waals surface area contributed by atoms with E-state index in [1.807, 2.05) is 24.0 Å². The Kier molecular flexibility index (Phi) is 5.60. The molecule has 3 nitrogen and oxygen atoms in total. The predicted octanol–water partition coefficient (Wildman–Crippen LogP) is 6.05. The van der Waals surface area contributed by atoms with Crippen LogP contribution in [0.3, 0.4) is 0 Å². The maximum Gasteiger partial charge on any atom is 0.323 e. The maximum absolute atomic E-state index is 12.7. The summed E-state index contributed by atoms with van der Waals surface area (Å²) in [5, 5.41) is 3.69. The number of thioether (sulfide) groups is 1. The molecule has 0 saturated carbocycles. The molecule has 0 aromatic heterocycles. The van der Waals surface area contributed by atoms with Crippen LogP contribution in [-0.2, 0) is 0 Å². The summed E-state index contributed by atoms with van der Waals surface area (Å²) in [7, 11) is 0. The third-order valence-corrected chi connectivity index (χ3v) is 6.13. The standard InChI is InChI=1S/C20H23ClN2OS/c1-13(2)15-5-7-16(8-6-15)19-23(10-11-25-19)20(24)22-17-9-4-14(3)18(21)12-17/h4-9,12-13,19H,10-11H2,1-3H3,(H,22,24)/t19-/m1/s1. The number of nitrogens with zero attached hydrogens (tertiary/aromatic N) is 1. The lowest BCUT2D eigenvalue weighted by molar-refractivity contribution is 0.214. The SMILES string of the molecule is Cc1ccc(NC(=O)N2CCS[C@@H]2c2ccc(C(C)C)cc2)cc1Cl. The predicted molar refractivity (Wildman–Crippen MR) is 108 cm³/mol. The second-order valence-electron chi connectivity index (χ2n) is 6.63. The highest BCUT2D eigenvalue weighted by Crippen LogP contribution is 2.38. The molecule has 5 heteroatoms. The molecule has 2 aromatic carbocycles. The van der Waals surface area contributed by atoms with E-state index in [4.69, 9.17) is 11.6 Å². The van der Waals surface area contributed by atoms with Crippen LogP contribution < -0.4 is 5.32 Å². The number of carbonyl (C=O) groups excluding carboxylic acids is 1. The van der Waals surface area contributed by atoms with E-state index in [-0.39, 0.29) is 11.4 Å². The van der Waals surface area contributed by atoms with Gasteiger partial charge in [0.15, 0.2) is 0 Å². The van der Waals surface area contributed by atoms with Crippen LogP contribution in [0.5, 0.6) is 0 Å². The van der Waals surface area contributed by atoms with Gasteiger partial charge in [0.2, 0.25) is 0 Å². The summed E-state index contributed by atoms with van der Waals surface area (Å²) in [5.41, 5.74) is 4.21. The summed E-state index contributed by atoms with van der Waals surface area (Å²) in [6.07, 6.45) is 0. The Morgan fingerprint density at radius 1 is 1.24 bits per heavy atom. The first-order valence-corrected chi connectivity index (χ1v) is 9.93. The molecule has 1 N–H and O–H groups in total. The molecule has 1 aliphatic rings. The number of halogens is 1. The van der Waals surface area contributed by atoms with Crippen molar-refractivity contribution in [2.24, 2.45) is 0 Å². The lowest BCUT2D eigenvalue weighted by atomic mass is 10.0. The number of hydrogen-bond acceptors (Lipinski definition) is 2. The fourth-order valence-electron chi connectivity index (χ4n) is 2.87. The zero-order valence-electron chi connectivity index (χ0n) is 14.8. The van der Waals surface area contributed by atoms with Crippen molar-refractivity contribution in [3.8, 4) is 0 Å². The first-order valence-electron chi connectivity index (χ1n) is 8.51. The average molecular weight is 375 g/mol. The molecule has 2 amide bonds. The van der Waals surface area contributed by atoms with Crippen molar-refractivity contribution in [3.63, 3.8) is 0 Å². The summed E-state index contributed by atoms with van der Waals surface area (Å²) >= 11 is 7.95. The fourth-order valence-corrected chi connectivity index (χ4v) is 4.30. The monoisotopic (exact) mass is 374 g/mol. The summed E-state index contributed by atoms with van der Waals surface area (Å²) in [6, 6.07) is 14.1. The Morgan fingerprint density at radius 3 is 2.60 bits per heavy atom. The molecule has 0 radical (unpaired) electrons.